The van der Waals surface area contributed by atoms with Crippen molar-refractivity contribution in [3.63, 3.8) is 0 Å². The molecule has 0 spiro atoms. The van der Waals surface area contributed by atoms with Crippen LogP contribution in [-0.4, -0.2) is 25.5 Å². The first-order valence-corrected chi connectivity index (χ1v) is 4.38. The van der Waals surface area contributed by atoms with Crippen LogP contribution < -0.4 is 9.86 Å². The first-order valence-electron chi connectivity index (χ1n) is 2.83. The normalized spacial score (nSPS) is 14.4. The molecule has 66 valence electrons. The van der Waals surface area contributed by atoms with Crippen molar-refractivity contribution >= 4 is 16.2 Å². The lowest BCUT2D eigenvalue weighted by molar-refractivity contribution is -0.137. The molecule has 6 nitrogen and oxygen atoms in total. The van der Waals surface area contributed by atoms with Crippen LogP contribution in [0.15, 0.2) is 0 Å². The van der Waals surface area contributed by atoms with E-state index in [0.29, 0.717) is 0 Å². The summed E-state index contributed by atoms with van der Waals surface area (Å²) in [5, 5.41) is 12.8. The van der Waals surface area contributed by atoms with Gasteiger partial charge >= 0.3 is 5.97 Å². The van der Waals surface area contributed by atoms with Crippen LogP contribution in [0.2, 0.25) is 0 Å². The first kappa shape index (κ1) is 10.3. The third kappa shape index (κ3) is 7.23. The van der Waals surface area contributed by atoms with Gasteiger partial charge in [0.15, 0.2) is 0 Å². The highest BCUT2D eigenvalue weighted by molar-refractivity contribution is 7.87. The van der Waals surface area contributed by atoms with Crippen LogP contribution in [0.5, 0.6) is 0 Å². The number of hydrogen-bond acceptors (Lipinski definition) is 3. The molecule has 0 saturated heterocycles. The molecule has 0 aromatic carbocycles. The number of hydrogen-bond donors (Lipinski definition) is 3. The second-order valence-corrected chi connectivity index (χ2v) is 3.49. The van der Waals surface area contributed by atoms with E-state index in [1.54, 1.807) is 0 Å². The summed E-state index contributed by atoms with van der Waals surface area (Å²) in [7, 11) is -3.78. The number of nitrogens with two attached hydrogens (primary N) is 1. The highest BCUT2D eigenvalue weighted by atomic mass is 32.2. The van der Waals surface area contributed by atoms with Crippen molar-refractivity contribution in [1.29, 1.82) is 0 Å². The molecule has 0 saturated carbocycles. The minimum absolute atomic E-state index is 0.281. The van der Waals surface area contributed by atoms with Crippen LogP contribution >= 0.6 is 0 Å². The molecule has 4 N–H and O–H groups in total. The zero-order chi connectivity index (χ0) is 9.07. The summed E-state index contributed by atoms with van der Waals surface area (Å²) < 4.78 is 22.5. The smallest absolute Gasteiger partial charge is 0.304 e. The molecule has 0 rings (SSSR count). The van der Waals surface area contributed by atoms with Crippen molar-refractivity contribution in [3.05, 3.63) is 0 Å². The van der Waals surface area contributed by atoms with Crippen LogP contribution in [0.25, 0.3) is 0 Å². The molecule has 11 heavy (non-hydrogen) atoms. The monoisotopic (exact) mass is 182 g/mol. The van der Waals surface area contributed by atoms with E-state index in [9.17, 15) is 13.2 Å². The minimum Gasteiger partial charge on any atom is -0.481 e. The Labute approximate surface area is 64.6 Å². The van der Waals surface area contributed by atoms with Crippen LogP contribution in [0.4, 0.5) is 0 Å². The van der Waals surface area contributed by atoms with Gasteiger partial charge in [-0.2, -0.15) is 13.1 Å². The number of aliphatic carboxylic acids is 1. The predicted molar refractivity (Wildman–Crippen MR) is 38.0 cm³/mol. The highest BCUT2D eigenvalue weighted by Gasteiger charge is 2.11. The van der Waals surface area contributed by atoms with Gasteiger partial charge in [-0.25, -0.2) is 5.14 Å². The van der Waals surface area contributed by atoms with Gasteiger partial charge in [-0.1, -0.05) is 0 Å². The van der Waals surface area contributed by atoms with Crippen molar-refractivity contribution in [1.82, 2.24) is 4.72 Å². The van der Waals surface area contributed by atoms with Gasteiger partial charge in [-0.3, -0.25) is 4.79 Å². The van der Waals surface area contributed by atoms with E-state index in [4.69, 9.17) is 5.11 Å². The number of rotatable bonds is 4. The third-order valence-corrected chi connectivity index (χ3v) is 1.58. The Morgan fingerprint density at radius 2 is 2.18 bits per heavy atom. The molecule has 0 aliphatic rings. The molecule has 0 fully saturated rings. The Kier molecular flexibility index (Phi) is 3.43. The summed E-state index contributed by atoms with van der Waals surface area (Å²) in [5.74, 6) is -1.08. The van der Waals surface area contributed by atoms with Gasteiger partial charge in [0.1, 0.15) is 0 Å². The molecular formula is C4H10N2O4S. The molecule has 0 bridgehead atoms. The molecule has 1 atom stereocenters. The minimum atomic E-state index is -3.78. The molecule has 0 radical (unpaired) electrons. The van der Waals surface area contributed by atoms with Gasteiger partial charge < -0.3 is 5.11 Å². The summed E-state index contributed by atoms with van der Waals surface area (Å²) in [6.45, 7) is 1.42. The third-order valence-electron chi connectivity index (χ3n) is 0.846. The van der Waals surface area contributed by atoms with Gasteiger partial charge in [0.25, 0.3) is 10.2 Å². The summed E-state index contributed by atoms with van der Waals surface area (Å²) in [6, 6.07) is -0.678. The Bertz CT molecular complexity index is 234. The Hall–Kier alpha value is -0.660. The van der Waals surface area contributed by atoms with Gasteiger partial charge in [0.05, 0.1) is 6.42 Å². The molecule has 0 aliphatic carbocycles. The largest absolute Gasteiger partial charge is 0.481 e. The SMILES string of the molecule is CC(CC(=O)O)NS(N)(=O)=O. The number of nitrogens with one attached hydrogen (secondary N) is 1. The lowest BCUT2D eigenvalue weighted by Gasteiger charge is -2.07. The Morgan fingerprint density at radius 3 is 2.45 bits per heavy atom. The van der Waals surface area contributed by atoms with Crippen molar-refractivity contribution in [2.45, 2.75) is 19.4 Å². The molecule has 0 aliphatic heterocycles. The quantitative estimate of drug-likeness (QED) is 0.499. The van der Waals surface area contributed by atoms with Gasteiger partial charge in [-0.15, -0.1) is 0 Å². The summed E-state index contributed by atoms with van der Waals surface area (Å²) in [4.78, 5) is 10.0. The van der Waals surface area contributed by atoms with Gasteiger partial charge in [0, 0.05) is 6.04 Å². The Balaban J connectivity index is 3.89. The maximum Gasteiger partial charge on any atom is 0.304 e. The fourth-order valence-corrected chi connectivity index (χ4v) is 1.23. The van der Waals surface area contributed by atoms with Crippen molar-refractivity contribution in [3.8, 4) is 0 Å². The molecule has 1 unspecified atom stereocenters. The van der Waals surface area contributed by atoms with E-state index >= 15 is 0 Å². The molecule has 7 heteroatoms. The van der Waals surface area contributed by atoms with Gasteiger partial charge in [-0.05, 0) is 6.92 Å². The molecule has 0 amide bonds. The zero-order valence-electron chi connectivity index (χ0n) is 5.94. The lowest BCUT2D eigenvalue weighted by Crippen LogP contribution is -2.38. The lowest BCUT2D eigenvalue weighted by atomic mass is 10.3. The van der Waals surface area contributed by atoms with Crippen molar-refractivity contribution < 1.29 is 18.3 Å². The van der Waals surface area contributed by atoms with E-state index in [-0.39, 0.29) is 6.42 Å². The first-order chi connectivity index (χ1) is 4.81. The Morgan fingerprint density at radius 1 is 1.73 bits per heavy atom. The standard InChI is InChI=1S/C4H10N2O4S/c1-3(2-4(7)8)6-11(5,9)10/h3,6H,2H2,1H3,(H,7,8)(H2,5,9,10). The van der Waals surface area contributed by atoms with Crippen molar-refractivity contribution in [2.75, 3.05) is 0 Å². The van der Waals surface area contributed by atoms with E-state index in [1.807, 2.05) is 4.72 Å². The van der Waals surface area contributed by atoms with E-state index in [1.165, 1.54) is 6.92 Å². The van der Waals surface area contributed by atoms with Crippen LogP contribution in [0.3, 0.4) is 0 Å². The predicted octanol–water partition coefficient (Wildman–Crippen LogP) is -1.36. The highest BCUT2D eigenvalue weighted by Crippen LogP contribution is 1.90. The molecular weight excluding hydrogens is 172 g/mol. The van der Waals surface area contributed by atoms with Crippen LogP contribution in [0.1, 0.15) is 13.3 Å². The van der Waals surface area contributed by atoms with Crippen LogP contribution in [0, 0.1) is 0 Å². The zero-order valence-corrected chi connectivity index (χ0v) is 6.76. The maximum atomic E-state index is 10.3. The average molecular weight is 182 g/mol. The van der Waals surface area contributed by atoms with Crippen molar-refractivity contribution in [2.24, 2.45) is 5.14 Å². The molecule has 0 aromatic heterocycles. The summed E-state index contributed by atoms with van der Waals surface area (Å²) in [6.07, 6.45) is -0.281. The second kappa shape index (κ2) is 3.65. The summed E-state index contributed by atoms with van der Waals surface area (Å²) in [5.41, 5.74) is 0. The average Bonchev–Trinajstić information content (AvgIpc) is 1.53. The van der Waals surface area contributed by atoms with Crippen LogP contribution in [-0.2, 0) is 15.0 Å². The summed E-state index contributed by atoms with van der Waals surface area (Å²) >= 11 is 0. The van der Waals surface area contributed by atoms with E-state index < -0.39 is 22.2 Å². The van der Waals surface area contributed by atoms with Gasteiger partial charge in [0.2, 0.25) is 0 Å². The molecule has 0 aromatic rings. The topological polar surface area (TPSA) is 109 Å². The molecule has 0 heterocycles. The van der Waals surface area contributed by atoms with E-state index in [0.717, 1.165) is 0 Å². The fourth-order valence-electron chi connectivity index (χ4n) is 0.584. The second-order valence-electron chi connectivity index (χ2n) is 2.16. The number of carboxylic acids is 1. The van der Waals surface area contributed by atoms with E-state index in [2.05, 4.69) is 5.14 Å². The number of carbonyl (C=O) groups is 1. The fraction of sp³-hybridized carbons (Fsp3) is 0.750. The maximum absolute atomic E-state index is 10.3. The number of carboxylic acid groups (broad SMARTS) is 1.